The van der Waals surface area contributed by atoms with Crippen LogP contribution in [-0.2, 0) is 65.4 Å². The highest BCUT2D eigenvalue weighted by Crippen LogP contribution is 2.45. The zero-order valence-corrected chi connectivity index (χ0v) is 62.0. The maximum atomic E-state index is 13.1. The van der Waals surface area contributed by atoms with Gasteiger partial charge >= 0.3 is 39.5 Å². The number of aliphatic hydroxyl groups is 1. The van der Waals surface area contributed by atoms with E-state index in [0.717, 1.165) is 120 Å². The van der Waals surface area contributed by atoms with Gasteiger partial charge in [-0.15, -0.1) is 0 Å². The standard InChI is InChI=1S/C73H142O17P2/c1-9-63(5)49-41-33-25-19-13-16-22-28-37-45-53-70(75)83-59-68(89-72(77)55-47-39-29-23-17-14-20-26-34-42-50-64(6)10-2)61-87-91(79,80)85-57-67(74)58-86-92(81,82)88-62-69(60-84-71(76)54-46-38-32-31-36-44-52-66(8)12-4)90-73(78)56-48-40-30-24-18-15-21-27-35-43-51-65(7)11-3/h63-69,74H,9-62H2,1-8H3,(H,79,80)(H,81,82)/t63?,64?,65?,66?,67-,68-,69-/m1/s1. The molecular weight excluding hydrogens is 1210 g/mol. The van der Waals surface area contributed by atoms with Crippen LogP contribution in [0.1, 0.15) is 364 Å². The van der Waals surface area contributed by atoms with E-state index in [-0.39, 0.29) is 25.7 Å². The topological polar surface area (TPSA) is 237 Å². The Kier molecular flexibility index (Phi) is 61.3. The zero-order valence-electron chi connectivity index (χ0n) is 60.2. The Bertz CT molecular complexity index is 1820. The highest BCUT2D eigenvalue weighted by atomic mass is 31.2. The molecule has 19 heteroatoms. The van der Waals surface area contributed by atoms with Crippen molar-refractivity contribution in [1.82, 2.24) is 0 Å². The maximum absolute atomic E-state index is 13.1. The number of ether oxygens (including phenoxy) is 4. The number of phosphoric ester groups is 2. The van der Waals surface area contributed by atoms with Gasteiger partial charge in [-0.25, -0.2) is 9.13 Å². The Labute approximate surface area is 562 Å². The molecule has 3 N–H and O–H groups in total. The van der Waals surface area contributed by atoms with Gasteiger partial charge in [-0.3, -0.25) is 37.3 Å². The maximum Gasteiger partial charge on any atom is 0.472 e. The molecule has 0 fully saturated rings. The predicted octanol–water partition coefficient (Wildman–Crippen LogP) is 20.9. The van der Waals surface area contributed by atoms with Crippen molar-refractivity contribution in [2.75, 3.05) is 39.6 Å². The number of hydrogen-bond donors (Lipinski definition) is 3. The molecule has 17 nitrogen and oxygen atoms in total. The first-order chi connectivity index (χ1) is 44.2. The number of carbonyl (C=O) groups excluding carboxylic acids is 4. The lowest BCUT2D eigenvalue weighted by Crippen LogP contribution is -2.30. The molecular formula is C73H142O17P2. The minimum Gasteiger partial charge on any atom is -0.462 e. The zero-order chi connectivity index (χ0) is 68.2. The highest BCUT2D eigenvalue weighted by molar-refractivity contribution is 7.47. The fraction of sp³-hybridized carbons (Fsp3) is 0.945. The van der Waals surface area contributed by atoms with E-state index >= 15 is 0 Å². The van der Waals surface area contributed by atoms with Gasteiger partial charge in [0.2, 0.25) is 0 Å². The molecule has 0 aliphatic heterocycles. The largest absolute Gasteiger partial charge is 0.472 e. The second kappa shape index (κ2) is 62.6. The van der Waals surface area contributed by atoms with Gasteiger partial charge < -0.3 is 33.8 Å². The van der Waals surface area contributed by atoms with E-state index in [0.29, 0.717) is 25.7 Å². The number of unbranched alkanes of at least 4 members (excludes halogenated alkanes) is 32. The highest BCUT2D eigenvalue weighted by Gasteiger charge is 2.30. The fourth-order valence-corrected chi connectivity index (χ4v) is 12.5. The summed E-state index contributed by atoms with van der Waals surface area (Å²) >= 11 is 0. The first-order valence-electron chi connectivity index (χ1n) is 37.9. The van der Waals surface area contributed by atoms with Crippen LogP contribution < -0.4 is 0 Å². The number of esters is 4. The molecule has 0 aromatic carbocycles. The average Bonchev–Trinajstić information content (AvgIpc) is 2.67. The van der Waals surface area contributed by atoms with Crippen molar-refractivity contribution in [2.24, 2.45) is 23.7 Å². The smallest absolute Gasteiger partial charge is 0.462 e. The third kappa shape index (κ3) is 61.6. The molecule has 0 bridgehead atoms. The summed E-state index contributed by atoms with van der Waals surface area (Å²) in [6.45, 7) is 14.2. The van der Waals surface area contributed by atoms with E-state index < -0.39 is 97.5 Å². The van der Waals surface area contributed by atoms with E-state index in [1.807, 2.05) is 0 Å². The Morgan fingerprint density at radius 2 is 0.489 bits per heavy atom. The summed E-state index contributed by atoms with van der Waals surface area (Å²) in [6.07, 6.45) is 45.5. The van der Waals surface area contributed by atoms with Crippen LogP contribution in [0, 0.1) is 23.7 Å². The second-order valence-electron chi connectivity index (χ2n) is 27.3. The van der Waals surface area contributed by atoms with Crippen molar-refractivity contribution >= 4 is 39.5 Å². The van der Waals surface area contributed by atoms with Crippen LogP contribution in [-0.4, -0.2) is 96.7 Å². The molecule has 0 saturated carbocycles. The molecule has 0 aromatic rings. The Morgan fingerprint density at radius 1 is 0.293 bits per heavy atom. The molecule has 9 atom stereocenters. The van der Waals surface area contributed by atoms with Gasteiger partial charge in [-0.05, 0) is 49.4 Å². The molecule has 0 heterocycles. The van der Waals surface area contributed by atoms with Crippen molar-refractivity contribution in [3.8, 4) is 0 Å². The first-order valence-corrected chi connectivity index (χ1v) is 40.8. The molecule has 92 heavy (non-hydrogen) atoms. The summed E-state index contributed by atoms with van der Waals surface area (Å²) in [6, 6.07) is 0. The van der Waals surface area contributed by atoms with Crippen molar-refractivity contribution in [3.63, 3.8) is 0 Å². The van der Waals surface area contributed by atoms with Crippen LogP contribution in [0.15, 0.2) is 0 Å². The van der Waals surface area contributed by atoms with Gasteiger partial charge in [0.25, 0.3) is 0 Å². The lowest BCUT2D eigenvalue weighted by Gasteiger charge is -2.21. The number of hydrogen-bond acceptors (Lipinski definition) is 15. The molecule has 6 unspecified atom stereocenters. The summed E-state index contributed by atoms with van der Waals surface area (Å²) < 4.78 is 68.4. The quantitative estimate of drug-likeness (QED) is 0.0222. The normalized spacial score (nSPS) is 15.4. The SMILES string of the molecule is CCC(C)CCCCCCCCCCCCC(=O)OC[C@H](COP(=O)(O)OC[C@@H](O)COP(=O)(O)OC[C@@H](COC(=O)CCCCCCCCC(C)CC)OC(=O)CCCCCCCCCCCCC(C)CC)OC(=O)CCCCCCCCCCCCC(C)CC. The summed E-state index contributed by atoms with van der Waals surface area (Å²) in [5, 5.41) is 10.6. The number of phosphoric acid groups is 2. The third-order valence-electron chi connectivity index (χ3n) is 18.3. The van der Waals surface area contributed by atoms with E-state index in [1.54, 1.807) is 0 Å². The van der Waals surface area contributed by atoms with E-state index in [9.17, 15) is 43.2 Å². The number of carbonyl (C=O) groups is 4. The first kappa shape index (κ1) is 90.1. The minimum absolute atomic E-state index is 0.105. The van der Waals surface area contributed by atoms with E-state index in [2.05, 4.69) is 55.4 Å². The fourth-order valence-electron chi connectivity index (χ4n) is 10.9. The number of aliphatic hydroxyl groups excluding tert-OH is 1. The van der Waals surface area contributed by atoms with Crippen molar-refractivity contribution in [1.29, 1.82) is 0 Å². The Morgan fingerprint density at radius 3 is 0.717 bits per heavy atom. The monoisotopic (exact) mass is 1350 g/mol. The lowest BCUT2D eigenvalue weighted by atomic mass is 9.99. The van der Waals surface area contributed by atoms with Crippen LogP contribution >= 0.6 is 15.6 Å². The Balaban J connectivity index is 5.28. The Hall–Kier alpha value is -1.94. The van der Waals surface area contributed by atoms with E-state index in [1.165, 1.54) is 161 Å². The van der Waals surface area contributed by atoms with Gasteiger partial charge in [0.1, 0.15) is 19.3 Å². The van der Waals surface area contributed by atoms with Gasteiger partial charge in [-0.2, -0.15) is 0 Å². The molecule has 0 aliphatic carbocycles. The van der Waals surface area contributed by atoms with Gasteiger partial charge in [0, 0.05) is 25.7 Å². The second-order valence-corrected chi connectivity index (χ2v) is 30.2. The molecule has 0 radical (unpaired) electrons. The molecule has 0 aromatic heterocycles. The minimum atomic E-state index is -4.96. The summed E-state index contributed by atoms with van der Waals surface area (Å²) in [5.41, 5.74) is 0. The lowest BCUT2D eigenvalue weighted by molar-refractivity contribution is -0.161. The molecule has 0 aliphatic rings. The van der Waals surface area contributed by atoms with Crippen molar-refractivity contribution < 1.29 is 80.2 Å². The predicted molar refractivity (Wildman–Crippen MR) is 372 cm³/mol. The van der Waals surface area contributed by atoms with Crippen LogP contribution in [0.25, 0.3) is 0 Å². The number of rotatable bonds is 70. The summed E-state index contributed by atoms with van der Waals surface area (Å²) in [4.78, 5) is 72.7. The molecule has 0 amide bonds. The third-order valence-corrected chi connectivity index (χ3v) is 20.2. The molecule has 0 spiro atoms. The summed E-state index contributed by atoms with van der Waals surface area (Å²) in [5.74, 6) is 1.02. The van der Waals surface area contributed by atoms with Gasteiger partial charge in [0.15, 0.2) is 12.2 Å². The van der Waals surface area contributed by atoms with Crippen LogP contribution in [0.4, 0.5) is 0 Å². The molecule has 0 saturated heterocycles. The molecule has 546 valence electrons. The van der Waals surface area contributed by atoms with Gasteiger partial charge in [-0.1, -0.05) is 312 Å². The van der Waals surface area contributed by atoms with Crippen LogP contribution in [0.3, 0.4) is 0 Å². The van der Waals surface area contributed by atoms with Crippen LogP contribution in [0.5, 0.6) is 0 Å². The average molecular weight is 1350 g/mol. The van der Waals surface area contributed by atoms with Crippen molar-refractivity contribution in [2.45, 2.75) is 382 Å². The van der Waals surface area contributed by atoms with E-state index in [4.69, 9.17) is 37.0 Å². The summed E-state index contributed by atoms with van der Waals surface area (Å²) in [7, 11) is -9.91. The van der Waals surface area contributed by atoms with Gasteiger partial charge in [0.05, 0.1) is 26.4 Å². The van der Waals surface area contributed by atoms with Crippen LogP contribution in [0.2, 0.25) is 0 Å². The van der Waals surface area contributed by atoms with Crippen molar-refractivity contribution in [3.05, 3.63) is 0 Å². The molecule has 0 rings (SSSR count).